The lowest BCUT2D eigenvalue weighted by Gasteiger charge is -2.36. The molecular weight excluding hydrogens is 268 g/mol. The molecule has 1 amide bonds. The van der Waals surface area contributed by atoms with E-state index < -0.39 is 0 Å². The Balaban J connectivity index is 1.91. The molecule has 6 heteroatoms. The maximum absolute atomic E-state index is 12.1. The number of morpholine rings is 1. The molecule has 0 bridgehead atoms. The van der Waals surface area contributed by atoms with Crippen LogP contribution in [0.25, 0.3) is 0 Å². The number of carbonyl (C=O) groups excluding carboxylic acids is 1. The Hall–Kier alpha value is -1.53. The van der Waals surface area contributed by atoms with Gasteiger partial charge >= 0.3 is 0 Å². The fourth-order valence-corrected chi connectivity index (χ4v) is 2.49. The van der Waals surface area contributed by atoms with E-state index in [2.05, 4.69) is 34.0 Å². The van der Waals surface area contributed by atoms with Gasteiger partial charge in [0, 0.05) is 31.9 Å². The quantitative estimate of drug-likeness (QED) is 0.872. The van der Waals surface area contributed by atoms with Gasteiger partial charge in [-0.25, -0.2) is 4.98 Å². The molecule has 1 unspecified atom stereocenters. The molecule has 116 valence electrons. The van der Waals surface area contributed by atoms with Crippen LogP contribution in [0.1, 0.15) is 30.0 Å². The van der Waals surface area contributed by atoms with E-state index in [1.54, 1.807) is 6.20 Å². The van der Waals surface area contributed by atoms with Gasteiger partial charge in [0.05, 0.1) is 25.1 Å². The smallest absolute Gasteiger partial charge is 0.271 e. The van der Waals surface area contributed by atoms with Crippen LogP contribution in [0.5, 0.6) is 0 Å². The molecule has 1 saturated heterocycles. The zero-order chi connectivity index (χ0) is 15.2. The lowest BCUT2D eigenvalue weighted by atomic mass is 10.0. The number of nitrogens with zero attached hydrogens (tertiary/aromatic N) is 3. The number of aryl methyl sites for hydroxylation is 1. The van der Waals surface area contributed by atoms with Crippen molar-refractivity contribution in [3.05, 3.63) is 23.8 Å². The highest BCUT2D eigenvalue weighted by Crippen LogP contribution is 2.12. The van der Waals surface area contributed by atoms with E-state index in [0.717, 1.165) is 32.0 Å². The lowest BCUT2D eigenvalue weighted by Crippen LogP contribution is -2.51. The van der Waals surface area contributed by atoms with Crippen molar-refractivity contribution >= 4 is 5.91 Å². The minimum atomic E-state index is -0.165. The number of aromatic nitrogens is 2. The van der Waals surface area contributed by atoms with Crippen molar-refractivity contribution in [3.63, 3.8) is 0 Å². The molecule has 1 aromatic rings. The van der Waals surface area contributed by atoms with Crippen LogP contribution < -0.4 is 5.32 Å². The van der Waals surface area contributed by atoms with Gasteiger partial charge < -0.3 is 10.1 Å². The molecule has 0 aromatic carbocycles. The number of rotatable bonds is 5. The van der Waals surface area contributed by atoms with Crippen molar-refractivity contribution in [1.29, 1.82) is 0 Å². The first kappa shape index (κ1) is 15.9. The largest absolute Gasteiger partial charge is 0.379 e. The van der Waals surface area contributed by atoms with Crippen LogP contribution >= 0.6 is 0 Å². The molecule has 1 atom stereocenters. The highest BCUT2D eigenvalue weighted by molar-refractivity contribution is 5.91. The second-order valence-corrected chi connectivity index (χ2v) is 5.71. The second-order valence-electron chi connectivity index (χ2n) is 5.71. The summed E-state index contributed by atoms with van der Waals surface area (Å²) in [5.74, 6) is 0.300. The summed E-state index contributed by atoms with van der Waals surface area (Å²) >= 11 is 0. The summed E-state index contributed by atoms with van der Waals surface area (Å²) in [6, 6.07) is 0.316. The summed E-state index contributed by atoms with van der Waals surface area (Å²) in [4.78, 5) is 22.7. The summed E-state index contributed by atoms with van der Waals surface area (Å²) in [5, 5.41) is 2.97. The Morgan fingerprint density at radius 3 is 2.62 bits per heavy atom. The van der Waals surface area contributed by atoms with Gasteiger partial charge in [0.15, 0.2) is 0 Å². The average molecular weight is 292 g/mol. The molecule has 1 N–H and O–H groups in total. The van der Waals surface area contributed by atoms with Crippen molar-refractivity contribution in [2.75, 3.05) is 32.8 Å². The van der Waals surface area contributed by atoms with Crippen LogP contribution in [0.3, 0.4) is 0 Å². The van der Waals surface area contributed by atoms with E-state index in [0.29, 0.717) is 24.2 Å². The number of nitrogens with one attached hydrogen (secondary N) is 1. The molecule has 0 saturated carbocycles. The zero-order valence-corrected chi connectivity index (χ0v) is 13.0. The summed E-state index contributed by atoms with van der Waals surface area (Å²) in [6.07, 6.45) is 3.13. The molecule has 1 aromatic heterocycles. The predicted molar refractivity (Wildman–Crippen MR) is 80.1 cm³/mol. The van der Waals surface area contributed by atoms with Crippen LogP contribution in [0.15, 0.2) is 12.4 Å². The number of amides is 1. The van der Waals surface area contributed by atoms with E-state index in [1.807, 2.05) is 6.92 Å². The molecule has 0 radical (unpaired) electrons. The molecule has 21 heavy (non-hydrogen) atoms. The van der Waals surface area contributed by atoms with Gasteiger partial charge in [0.1, 0.15) is 5.69 Å². The van der Waals surface area contributed by atoms with Gasteiger partial charge in [-0.3, -0.25) is 14.7 Å². The van der Waals surface area contributed by atoms with Crippen molar-refractivity contribution in [2.24, 2.45) is 5.92 Å². The first-order valence-corrected chi connectivity index (χ1v) is 7.46. The fraction of sp³-hybridized carbons (Fsp3) is 0.667. The van der Waals surface area contributed by atoms with E-state index >= 15 is 0 Å². The first-order valence-electron chi connectivity index (χ1n) is 7.46. The highest BCUT2D eigenvalue weighted by Gasteiger charge is 2.24. The summed E-state index contributed by atoms with van der Waals surface area (Å²) < 4.78 is 5.39. The Morgan fingerprint density at radius 1 is 1.33 bits per heavy atom. The van der Waals surface area contributed by atoms with Crippen LogP contribution in [-0.4, -0.2) is 59.7 Å². The molecule has 1 aliphatic heterocycles. The summed E-state index contributed by atoms with van der Waals surface area (Å²) in [7, 11) is 0. The monoisotopic (exact) mass is 292 g/mol. The third-order valence-electron chi connectivity index (χ3n) is 3.77. The standard InChI is InChI=1S/C15H24N4O2/c1-11(2)14(19-4-6-21-7-5-19)10-18-15(20)13-9-16-12(3)8-17-13/h8-9,11,14H,4-7,10H2,1-3H3,(H,18,20). The highest BCUT2D eigenvalue weighted by atomic mass is 16.5. The molecule has 1 fully saturated rings. The predicted octanol–water partition coefficient (Wildman–Crippen LogP) is 0.872. The summed E-state index contributed by atoms with van der Waals surface area (Å²) in [5.41, 5.74) is 1.17. The van der Waals surface area contributed by atoms with Gasteiger partial charge in [0.25, 0.3) is 5.91 Å². The Morgan fingerprint density at radius 2 is 2.05 bits per heavy atom. The second kappa shape index (κ2) is 7.47. The van der Waals surface area contributed by atoms with E-state index in [1.165, 1.54) is 6.20 Å². The van der Waals surface area contributed by atoms with Crippen molar-refractivity contribution < 1.29 is 9.53 Å². The number of hydrogen-bond donors (Lipinski definition) is 1. The lowest BCUT2D eigenvalue weighted by molar-refractivity contribution is 0.00671. The summed E-state index contributed by atoms with van der Waals surface area (Å²) in [6.45, 7) is 10.2. The molecule has 0 spiro atoms. The van der Waals surface area contributed by atoms with Gasteiger partial charge in [-0.15, -0.1) is 0 Å². The maximum Gasteiger partial charge on any atom is 0.271 e. The van der Waals surface area contributed by atoms with Gasteiger partial charge in [-0.2, -0.15) is 0 Å². The number of hydrogen-bond acceptors (Lipinski definition) is 5. The maximum atomic E-state index is 12.1. The molecule has 1 aliphatic rings. The minimum absolute atomic E-state index is 0.165. The van der Waals surface area contributed by atoms with Crippen LogP contribution in [0.2, 0.25) is 0 Å². The van der Waals surface area contributed by atoms with Crippen molar-refractivity contribution in [3.8, 4) is 0 Å². The minimum Gasteiger partial charge on any atom is -0.379 e. The van der Waals surface area contributed by atoms with E-state index in [9.17, 15) is 4.79 Å². The topological polar surface area (TPSA) is 67.4 Å². The number of ether oxygens (including phenoxy) is 1. The molecule has 6 nitrogen and oxygen atoms in total. The van der Waals surface area contributed by atoms with E-state index in [4.69, 9.17) is 4.74 Å². The fourth-order valence-electron chi connectivity index (χ4n) is 2.49. The Bertz CT molecular complexity index is 455. The van der Waals surface area contributed by atoms with Gasteiger partial charge in [-0.1, -0.05) is 13.8 Å². The normalized spacial score (nSPS) is 17.7. The average Bonchev–Trinajstić information content (AvgIpc) is 2.48. The van der Waals surface area contributed by atoms with Gasteiger partial charge in [-0.05, 0) is 12.8 Å². The first-order chi connectivity index (χ1) is 10.1. The Kier molecular flexibility index (Phi) is 5.64. The third kappa shape index (κ3) is 4.47. The van der Waals surface area contributed by atoms with Gasteiger partial charge in [0.2, 0.25) is 0 Å². The van der Waals surface area contributed by atoms with Crippen LogP contribution in [0.4, 0.5) is 0 Å². The molecule has 0 aliphatic carbocycles. The molecule has 2 rings (SSSR count). The zero-order valence-electron chi connectivity index (χ0n) is 13.0. The van der Waals surface area contributed by atoms with E-state index in [-0.39, 0.29) is 5.91 Å². The van der Waals surface area contributed by atoms with Crippen molar-refractivity contribution in [1.82, 2.24) is 20.2 Å². The molecule has 2 heterocycles. The molecular formula is C15H24N4O2. The van der Waals surface area contributed by atoms with Crippen LogP contribution in [-0.2, 0) is 4.74 Å². The van der Waals surface area contributed by atoms with Crippen molar-refractivity contribution in [2.45, 2.75) is 26.8 Å². The Labute approximate surface area is 125 Å². The number of carbonyl (C=O) groups is 1. The SMILES string of the molecule is Cc1cnc(C(=O)NCC(C(C)C)N2CCOCC2)cn1. The third-order valence-corrected chi connectivity index (χ3v) is 3.77. The van der Waals surface area contributed by atoms with Crippen LogP contribution in [0, 0.1) is 12.8 Å².